The Labute approximate surface area is 109 Å². The van der Waals surface area contributed by atoms with Gasteiger partial charge < -0.3 is 5.32 Å². The van der Waals surface area contributed by atoms with Gasteiger partial charge in [-0.15, -0.1) is 0 Å². The van der Waals surface area contributed by atoms with Crippen LogP contribution < -0.4 is 5.32 Å². The van der Waals surface area contributed by atoms with E-state index < -0.39 is 0 Å². The summed E-state index contributed by atoms with van der Waals surface area (Å²) in [5.41, 5.74) is 0.348. The van der Waals surface area contributed by atoms with Gasteiger partial charge >= 0.3 is 0 Å². The molecule has 0 saturated carbocycles. The van der Waals surface area contributed by atoms with Crippen LogP contribution in [0.25, 0.3) is 0 Å². The Balaban J connectivity index is 3.44. The Hall–Kier alpha value is -0.510. The zero-order valence-electron chi connectivity index (χ0n) is 11.5. The first-order valence-electron chi connectivity index (χ1n) is 6.18. The Morgan fingerprint density at radius 3 is 2.29 bits per heavy atom. The van der Waals surface area contributed by atoms with Crippen LogP contribution in [-0.2, 0) is 9.59 Å². The summed E-state index contributed by atoms with van der Waals surface area (Å²) in [7, 11) is 0. The van der Waals surface area contributed by atoms with E-state index in [2.05, 4.69) is 26.1 Å². The summed E-state index contributed by atoms with van der Waals surface area (Å²) in [6, 6.07) is 0. The number of unbranched alkanes of at least 4 members (excludes halogenated alkanes) is 1. The van der Waals surface area contributed by atoms with E-state index in [1.807, 2.05) is 0 Å². The third-order valence-corrected chi connectivity index (χ3v) is 3.12. The summed E-state index contributed by atoms with van der Waals surface area (Å²) in [6.45, 7) is 7.10. The first-order chi connectivity index (χ1) is 7.85. The van der Waals surface area contributed by atoms with Crippen molar-refractivity contribution in [1.82, 2.24) is 5.32 Å². The van der Waals surface area contributed by atoms with Crippen LogP contribution in [0.4, 0.5) is 0 Å². The van der Waals surface area contributed by atoms with Gasteiger partial charge in [-0.05, 0) is 24.5 Å². The molecule has 0 unspecified atom stereocenters. The lowest BCUT2D eigenvalue weighted by Crippen LogP contribution is -2.25. The van der Waals surface area contributed by atoms with Crippen molar-refractivity contribution in [3.63, 3.8) is 0 Å². The van der Waals surface area contributed by atoms with Crippen molar-refractivity contribution < 1.29 is 9.59 Å². The van der Waals surface area contributed by atoms with E-state index in [1.54, 1.807) is 6.26 Å². The first-order valence-corrected chi connectivity index (χ1v) is 7.41. The van der Waals surface area contributed by atoms with E-state index in [1.165, 1.54) is 11.8 Å². The lowest BCUT2D eigenvalue weighted by Gasteiger charge is -2.17. The molecule has 0 spiro atoms. The Kier molecular flexibility index (Phi) is 8.30. The maximum atomic E-state index is 11.4. The standard InChI is InChI=1S/C13H25NO2S/c1-13(2,3)9-6-5-7-11(15)14-10-8-12(16)17-4/h5-10H2,1-4H3,(H,14,15). The Morgan fingerprint density at radius 2 is 1.76 bits per heavy atom. The molecular weight excluding hydrogens is 234 g/mol. The fourth-order valence-electron chi connectivity index (χ4n) is 1.44. The SMILES string of the molecule is CSC(=O)CCNC(=O)CCCCC(C)(C)C. The lowest BCUT2D eigenvalue weighted by molar-refractivity contribution is -0.121. The summed E-state index contributed by atoms with van der Waals surface area (Å²) in [4.78, 5) is 22.4. The molecule has 1 amide bonds. The van der Waals surface area contributed by atoms with Gasteiger partial charge in [0.2, 0.25) is 5.91 Å². The molecule has 0 aromatic heterocycles. The second kappa shape index (κ2) is 8.56. The molecule has 17 heavy (non-hydrogen) atoms. The van der Waals surface area contributed by atoms with E-state index in [-0.39, 0.29) is 11.0 Å². The second-order valence-electron chi connectivity index (χ2n) is 5.44. The number of thioether (sulfide) groups is 1. The van der Waals surface area contributed by atoms with Crippen molar-refractivity contribution in [2.24, 2.45) is 5.41 Å². The van der Waals surface area contributed by atoms with Crippen LogP contribution in [0.3, 0.4) is 0 Å². The molecule has 0 atom stereocenters. The number of hydrogen-bond donors (Lipinski definition) is 1. The van der Waals surface area contributed by atoms with Crippen LogP contribution in [0.2, 0.25) is 0 Å². The molecule has 0 aromatic carbocycles. The van der Waals surface area contributed by atoms with E-state index >= 15 is 0 Å². The normalized spacial score (nSPS) is 11.3. The molecular formula is C13H25NO2S. The monoisotopic (exact) mass is 259 g/mol. The number of carbonyl (C=O) groups excluding carboxylic acids is 2. The van der Waals surface area contributed by atoms with Crippen LogP contribution in [0.1, 0.15) is 52.9 Å². The topological polar surface area (TPSA) is 46.2 Å². The van der Waals surface area contributed by atoms with Gasteiger partial charge in [-0.25, -0.2) is 0 Å². The van der Waals surface area contributed by atoms with E-state index in [0.717, 1.165) is 19.3 Å². The molecule has 4 heteroatoms. The van der Waals surface area contributed by atoms with Crippen LogP contribution in [-0.4, -0.2) is 23.8 Å². The minimum absolute atomic E-state index is 0.0628. The van der Waals surface area contributed by atoms with Crippen LogP contribution in [0.15, 0.2) is 0 Å². The zero-order valence-corrected chi connectivity index (χ0v) is 12.3. The number of amides is 1. The molecule has 0 bridgehead atoms. The van der Waals surface area contributed by atoms with Gasteiger partial charge in [0.1, 0.15) is 0 Å². The average molecular weight is 259 g/mol. The first kappa shape index (κ1) is 16.5. The van der Waals surface area contributed by atoms with Crippen molar-refractivity contribution in [2.75, 3.05) is 12.8 Å². The number of rotatable bonds is 7. The third kappa shape index (κ3) is 11.7. The van der Waals surface area contributed by atoms with Crippen molar-refractivity contribution in [1.29, 1.82) is 0 Å². The van der Waals surface area contributed by atoms with Crippen LogP contribution in [0.5, 0.6) is 0 Å². The van der Waals surface area contributed by atoms with Crippen molar-refractivity contribution >= 4 is 22.8 Å². The van der Waals surface area contributed by atoms with Gasteiger partial charge in [0.05, 0.1) is 0 Å². The molecule has 0 radical (unpaired) electrons. The van der Waals surface area contributed by atoms with Crippen molar-refractivity contribution in [3.8, 4) is 0 Å². The molecule has 100 valence electrons. The summed E-state index contributed by atoms with van der Waals surface area (Å²) < 4.78 is 0. The summed E-state index contributed by atoms with van der Waals surface area (Å²) >= 11 is 1.21. The van der Waals surface area contributed by atoms with Crippen LogP contribution >= 0.6 is 11.8 Å². The van der Waals surface area contributed by atoms with Crippen molar-refractivity contribution in [3.05, 3.63) is 0 Å². The van der Waals surface area contributed by atoms with Gasteiger partial charge in [-0.2, -0.15) is 0 Å². The van der Waals surface area contributed by atoms with E-state index in [4.69, 9.17) is 0 Å². The maximum absolute atomic E-state index is 11.4. The van der Waals surface area contributed by atoms with E-state index in [9.17, 15) is 9.59 Å². The third-order valence-electron chi connectivity index (χ3n) is 2.46. The molecule has 0 aliphatic rings. The summed E-state index contributed by atoms with van der Waals surface area (Å²) in [5, 5.41) is 2.90. The molecule has 0 aromatic rings. The largest absolute Gasteiger partial charge is 0.356 e. The second-order valence-corrected chi connectivity index (χ2v) is 6.31. The highest BCUT2D eigenvalue weighted by Gasteiger charge is 2.10. The minimum Gasteiger partial charge on any atom is -0.356 e. The fourth-order valence-corrected chi connectivity index (χ4v) is 1.74. The maximum Gasteiger partial charge on any atom is 0.220 e. The highest BCUT2D eigenvalue weighted by atomic mass is 32.2. The number of nitrogens with one attached hydrogen (secondary N) is 1. The quantitative estimate of drug-likeness (QED) is 0.715. The van der Waals surface area contributed by atoms with Gasteiger partial charge in [-0.1, -0.05) is 39.0 Å². The predicted molar refractivity (Wildman–Crippen MR) is 74.1 cm³/mol. The number of carbonyl (C=O) groups is 2. The molecule has 1 N–H and O–H groups in total. The molecule has 0 aliphatic carbocycles. The highest BCUT2D eigenvalue weighted by molar-refractivity contribution is 8.13. The van der Waals surface area contributed by atoms with Gasteiger partial charge in [0, 0.05) is 19.4 Å². The smallest absolute Gasteiger partial charge is 0.220 e. The molecule has 0 fully saturated rings. The highest BCUT2D eigenvalue weighted by Crippen LogP contribution is 2.21. The molecule has 0 rings (SSSR count). The zero-order chi connectivity index (χ0) is 13.3. The van der Waals surface area contributed by atoms with Crippen molar-refractivity contribution in [2.45, 2.75) is 52.9 Å². The molecule has 0 saturated heterocycles. The Bertz CT molecular complexity index is 246. The average Bonchev–Trinajstić information content (AvgIpc) is 2.23. The minimum atomic E-state index is 0.0628. The Morgan fingerprint density at radius 1 is 1.12 bits per heavy atom. The molecule has 0 aliphatic heterocycles. The summed E-state index contributed by atoms with van der Waals surface area (Å²) in [5.74, 6) is 0.0628. The number of hydrogen-bond acceptors (Lipinski definition) is 3. The van der Waals surface area contributed by atoms with Crippen LogP contribution in [0, 0.1) is 5.41 Å². The molecule has 3 nitrogen and oxygen atoms in total. The van der Waals surface area contributed by atoms with Gasteiger partial charge in [0.25, 0.3) is 0 Å². The fraction of sp³-hybridized carbons (Fsp3) is 0.846. The summed E-state index contributed by atoms with van der Waals surface area (Å²) in [6.07, 6.45) is 5.92. The predicted octanol–water partition coefficient (Wildman–Crippen LogP) is 2.99. The lowest BCUT2D eigenvalue weighted by atomic mass is 9.89. The van der Waals surface area contributed by atoms with E-state index in [0.29, 0.717) is 24.8 Å². The molecule has 0 heterocycles. The van der Waals surface area contributed by atoms with Gasteiger partial charge in [-0.3, -0.25) is 9.59 Å². The van der Waals surface area contributed by atoms with Gasteiger partial charge in [0.15, 0.2) is 5.12 Å².